The fraction of sp³-hybridized carbons (Fsp3) is 0.538. The smallest absolute Gasteiger partial charge is 0.149 e. The van der Waals surface area contributed by atoms with E-state index in [-0.39, 0.29) is 11.8 Å². The lowest BCUT2D eigenvalue weighted by Crippen LogP contribution is -2.25. The van der Waals surface area contributed by atoms with E-state index in [4.69, 9.17) is 4.74 Å². The molecule has 0 aliphatic heterocycles. The van der Waals surface area contributed by atoms with Crippen LogP contribution in [0.4, 0.5) is 5.69 Å². The van der Waals surface area contributed by atoms with Gasteiger partial charge in [0.05, 0.1) is 12.4 Å². The number of rotatable bonds is 7. The summed E-state index contributed by atoms with van der Waals surface area (Å²) in [6.07, 6.45) is 1.25. The Bertz CT molecular complexity index is 471. The van der Waals surface area contributed by atoms with Gasteiger partial charge in [0.2, 0.25) is 0 Å². The van der Waals surface area contributed by atoms with Crippen LogP contribution < -0.4 is 5.32 Å². The number of sulfone groups is 1. The van der Waals surface area contributed by atoms with E-state index in [1.807, 2.05) is 38.1 Å². The molecule has 0 amide bonds. The van der Waals surface area contributed by atoms with Gasteiger partial charge in [-0.25, -0.2) is 8.42 Å². The van der Waals surface area contributed by atoms with Crippen molar-refractivity contribution in [2.75, 3.05) is 23.9 Å². The molecule has 18 heavy (non-hydrogen) atoms. The molecular weight excluding hydrogens is 250 g/mol. The highest BCUT2D eigenvalue weighted by atomic mass is 32.2. The average molecular weight is 271 g/mol. The molecule has 0 aliphatic rings. The Hall–Kier alpha value is -1.07. The van der Waals surface area contributed by atoms with Crippen LogP contribution in [-0.2, 0) is 21.2 Å². The number of ether oxygens (including phenoxy) is 1. The maximum absolute atomic E-state index is 11.2. The summed E-state index contributed by atoms with van der Waals surface area (Å²) in [5.41, 5.74) is 1.97. The van der Waals surface area contributed by atoms with Crippen LogP contribution in [0.5, 0.6) is 0 Å². The SMILES string of the molecule is CCOCc1ccccc1NC(C)CS(C)(=O)=O. The van der Waals surface area contributed by atoms with Crippen LogP contribution in [0.25, 0.3) is 0 Å². The van der Waals surface area contributed by atoms with Crippen molar-refractivity contribution in [3.05, 3.63) is 29.8 Å². The van der Waals surface area contributed by atoms with Crippen LogP contribution in [0.15, 0.2) is 24.3 Å². The second kappa shape index (κ2) is 6.75. The molecule has 1 aromatic carbocycles. The Morgan fingerprint density at radius 2 is 2.00 bits per heavy atom. The van der Waals surface area contributed by atoms with Gasteiger partial charge in [-0.1, -0.05) is 18.2 Å². The highest BCUT2D eigenvalue weighted by Crippen LogP contribution is 2.17. The van der Waals surface area contributed by atoms with Crippen LogP contribution in [0, 0.1) is 0 Å². The van der Waals surface area contributed by atoms with Crippen molar-refractivity contribution in [3.63, 3.8) is 0 Å². The van der Waals surface area contributed by atoms with E-state index in [0.29, 0.717) is 13.2 Å². The minimum Gasteiger partial charge on any atom is -0.381 e. The van der Waals surface area contributed by atoms with E-state index >= 15 is 0 Å². The second-order valence-corrected chi connectivity index (χ2v) is 6.62. The van der Waals surface area contributed by atoms with Gasteiger partial charge in [0, 0.05) is 30.2 Å². The van der Waals surface area contributed by atoms with Gasteiger partial charge in [0.15, 0.2) is 0 Å². The van der Waals surface area contributed by atoms with Gasteiger partial charge in [-0.3, -0.25) is 0 Å². The first-order valence-electron chi connectivity index (χ1n) is 6.02. The lowest BCUT2D eigenvalue weighted by Gasteiger charge is -2.17. The summed E-state index contributed by atoms with van der Waals surface area (Å²) in [6, 6.07) is 7.66. The molecule has 1 atom stereocenters. The Kier molecular flexibility index (Phi) is 5.62. The fourth-order valence-electron chi connectivity index (χ4n) is 1.76. The number of nitrogens with one attached hydrogen (secondary N) is 1. The van der Waals surface area contributed by atoms with E-state index in [1.54, 1.807) is 0 Å². The van der Waals surface area contributed by atoms with Gasteiger partial charge in [-0.2, -0.15) is 0 Å². The topological polar surface area (TPSA) is 55.4 Å². The number of hydrogen-bond acceptors (Lipinski definition) is 4. The lowest BCUT2D eigenvalue weighted by atomic mass is 10.2. The molecular formula is C13H21NO3S. The molecule has 0 saturated heterocycles. The monoisotopic (exact) mass is 271 g/mol. The van der Waals surface area contributed by atoms with Crippen molar-refractivity contribution in [3.8, 4) is 0 Å². The molecule has 1 rings (SSSR count). The minimum absolute atomic E-state index is 0.121. The Morgan fingerprint density at radius 1 is 1.33 bits per heavy atom. The first-order valence-corrected chi connectivity index (χ1v) is 8.08. The minimum atomic E-state index is -2.97. The summed E-state index contributed by atoms with van der Waals surface area (Å²) in [6.45, 7) is 5.00. The van der Waals surface area contributed by atoms with E-state index in [9.17, 15) is 8.42 Å². The van der Waals surface area contributed by atoms with Gasteiger partial charge < -0.3 is 10.1 Å². The molecule has 0 aromatic heterocycles. The molecule has 0 spiro atoms. The summed E-state index contributed by atoms with van der Waals surface area (Å²) in [4.78, 5) is 0. The molecule has 1 unspecified atom stereocenters. The highest BCUT2D eigenvalue weighted by molar-refractivity contribution is 7.90. The Morgan fingerprint density at radius 3 is 2.61 bits per heavy atom. The molecule has 102 valence electrons. The van der Waals surface area contributed by atoms with Crippen LogP contribution in [0.1, 0.15) is 19.4 Å². The molecule has 1 N–H and O–H groups in total. The van der Waals surface area contributed by atoms with E-state index in [2.05, 4.69) is 5.32 Å². The summed E-state index contributed by atoms with van der Waals surface area (Å²) < 4.78 is 27.8. The second-order valence-electron chi connectivity index (χ2n) is 4.43. The van der Waals surface area contributed by atoms with Crippen LogP contribution >= 0.6 is 0 Å². The molecule has 1 aromatic rings. The van der Waals surface area contributed by atoms with Gasteiger partial charge in [0.25, 0.3) is 0 Å². The third-order valence-corrected chi connectivity index (χ3v) is 3.54. The van der Waals surface area contributed by atoms with E-state index in [0.717, 1.165) is 11.3 Å². The molecule has 0 heterocycles. The van der Waals surface area contributed by atoms with Crippen molar-refractivity contribution < 1.29 is 13.2 Å². The molecule has 0 saturated carbocycles. The van der Waals surface area contributed by atoms with Crippen molar-refractivity contribution in [2.45, 2.75) is 26.5 Å². The van der Waals surface area contributed by atoms with Gasteiger partial charge >= 0.3 is 0 Å². The molecule has 5 heteroatoms. The number of para-hydroxylation sites is 1. The molecule has 0 radical (unpaired) electrons. The zero-order valence-corrected chi connectivity index (χ0v) is 12.0. The van der Waals surface area contributed by atoms with Gasteiger partial charge in [0.1, 0.15) is 9.84 Å². The summed E-state index contributed by atoms with van der Waals surface area (Å²) >= 11 is 0. The van der Waals surface area contributed by atoms with Crippen LogP contribution in [0.2, 0.25) is 0 Å². The zero-order valence-electron chi connectivity index (χ0n) is 11.1. The Balaban J connectivity index is 2.71. The quantitative estimate of drug-likeness (QED) is 0.825. The lowest BCUT2D eigenvalue weighted by molar-refractivity contribution is 0.134. The van der Waals surface area contributed by atoms with Crippen LogP contribution in [0.3, 0.4) is 0 Å². The maximum Gasteiger partial charge on any atom is 0.149 e. The standard InChI is InChI=1S/C13H21NO3S/c1-4-17-9-12-7-5-6-8-13(12)14-11(2)10-18(3,15)16/h5-8,11,14H,4,9-10H2,1-3H3. The number of benzene rings is 1. The number of anilines is 1. The highest BCUT2D eigenvalue weighted by Gasteiger charge is 2.11. The first-order chi connectivity index (χ1) is 8.42. The zero-order chi connectivity index (χ0) is 13.6. The molecule has 0 fully saturated rings. The van der Waals surface area contributed by atoms with Crippen molar-refractivity contribution in [1.82, 2.24) is 0 Å². The molecule has 0 bridgehead atoms. The van der Waals surface area contributed by atoms with Crippen molar-refractivity contribution >= 4 is 15.5 Å². The third kappa shape index (κ3) is 5.51. The molecule has 4 nitrogen and oxygen atoms in total. The summed E-state index contributed by atoms with van der Waals surface area (Å²) in [5, 5.41) is 3.22. The van der Waals surface area contributed by atoms with E-state index < -0.39 is 9.84 Å². The summed E-state index contributed by atoms with van der Waals surface area (Å²) in [5.74, 6) is 0.121. The predicted octanol–water partition coefficient (Wildman–Crippen LogP) is 2.07. The average Bonchev–Trinajstić information content (AvgIpc) is 2.25. The van der Waals surface area contributed by atoms with E-state index in [1.165, 1.54) is 6.26 Å². The first kappa shape index (κ1) is 15.0. The maximum atomic E-state index is 11.2. The van der Waals surface area contributed by atoms with Crippen molar-refractivity contribution in [1.29, 1.82) is 0 Å². The summed E-state index contributed by atoms with van der Waals surface area (Å²) in [7, 11) is -2.97. The largest absolute Gasteiger partial charge is 0.381 e. The number of hydrogen-bond donors (Lipinski definition) is 1. The fourth-order valence-corrected chi connectivity index (χ4v) is 2.75. The van der Waals surface area contributed by atoms with Crippen molar-refractivity contribution in [2.24, 2.45) is 0 Å². The molecule has 0 aliphatic carbocycles. The predicted molar refractivity (Wildman–Crippen MR) is 74.6 cm³/mol. The van der Waals surface area contributed by atoms with Gasteiger partial charge in [-0.15, -0.1) is 0 Å². The van der Waals surface area contributed by atoms with Crippen LogP contribution in [-0.4, -0.2) is 33.1 Å². The normalized spacial score (nSPS) is 13.3. The third-order valence-electron chi connectivity index (χ3n) is 2.43. The Labute approximate surface area is 109 Å². The van der Waals surface area contributed by atoms with Gasteiger partial charge in [-0.05, 0) is 19.9 Å².